The van der Waals surface area contributed by atoms with E-state index in [0.717, 1.165) is 6.61 Å². The summed E-state index contributed by atoms with van der Waals surface area (Å²) in [6, 6.07) is 4.14. The maximum atomic E-state index is 5.27. The first-order chi connectivity index (χ1) is 6.24. The average Bonchev–Trinajstić information content (AvgIpc) is 2.15. The Morgan fingerprint density at radius 2 is 1.86 bits per heavy atom. The van der Waals surface area contributed by atoms with Gasteiger partial charge in [-0.15, -0.1) is 0 Å². The SMILES string of the molecule is CCOC[n+]1ccc(N(C)C)cc1.[Cl-]. The fourth-order valence-electron chi connectivity index (χ4n) is 1.03. The van der Waals surface area contributed by atoms with Crippen molar-refractivity contribution in [3.63, 3.8) is 0 Å². The molecule has 0 atom stereocenters. The predicted molar refractivity (Wildman–Crippen MR) is 52.6 cm³/mol. The summed E-state index contributed by atoms with van der Waals surface area (Å²) in [5, 5.41) is 0. The van der Waals surface area contributed by atoms with Gasteiger partial charge in [0.2, 0.25) is 0 Å². The molecule has 0 aliphatic heterocycles. The maximum Gasteiger partial charge on any atom is 0.252 e. The smallest absolute Gasteiger partial charge is 0.252 e. The Labute approximate surface area is 91.7 Å². The van der Waals surface area contributed by atoms with Gasteiger partial charge in [0, 0.05) is 31.9 Å². The number of halogens is 1. The first kappa shape index (κ1) is 13.2. The van der Waals surface area contributed by atoms with Crippen molar-refractivity contribution in [2.24, 2.45) is 0 Å². The lowest BCUT2D eigenvalue weighted by molar-refractivity contribution is -0.732. The summed E-state index contributed by atoms with van der Waals surface area (Å²) in [6.45, 7) is 3.38. The van der Waals surface area contributed by atoms with E-state index in [1.807, 2.05) is 38.0 Å². The first-order valence-corrected chi connectivity index (χ1v) is 4.48. The van der Waals surface area contributed by atoms with Crippen LogP contribution in [0.5, 0.6) is 0 Å². The van der Waals surface area contributed by atoms with Gasteiger partial charge in [-0.05, 0) is 6.92 Å². The maximum absolute atomic E-state index is 5.27. The molecule has 1 rings (SSSR count). The zero-order valence-electron chi connectivity index (χ0n) is 8.90. The van der Waals surface area contributed by atoms with Gasteiger partial charge in [0.15, 0.2) is 12.4 Å². The Balaban J connectivity index is 0.00000169. The largest absolute Gasteiger partial charge is 1.00 e. The highest BCUT2D eigenvalue weighted by molar-refractivity contribution is 5.41. The Kier molecular flexibility index (Phi) is 6.25. The molecule has 0 aliphatic rings. The third kappa shape index (κ3) is 3.94. The Hall–Kier alpha value is -0.800. The van der Waals surface area contributed by atoms with Gasteiger partial charge in [-0.3, -0.25) is 0 Å². The van der Waals surface area contributed by atoms with Crippen LogP contribution in [-0.2, 0) is 11.5 Å². The normalized spacial score (nSPS) is 9.36. The Morgan fingerprint density at radius 3 is 2.29 bits per heavy atom. The highest BCUT2D eigenvalue weighted by Crippen LogP contribution is 2.05. The number of pyridine rings is 1. The van der Waals surface area contributed by atoms with Crippen molar-refractivity contribution in [2.75, 3.05) is 25.6 Å². The topological polar surface area (TPSA) is 16.4 Å². The summed E-state index contributed by atoms with van der Waals surface area (Å²) in [5.41, 5.74) is 1.20. The van der Waals surface area contributed by atoms with Crippen molar-refractivity contribution in [1.82, 2.24) is 0 Å². The van der Waals surface area contributed by atoms with E-state index < -0.39 is 0 Å². The molecule has 0 saturated heterocycles. The van der Waals surface area contributed by atoms with Crippen LogP contribution in [0.2, 0.25) is 0 Å². The van der Waals surface area contributed by atoms with Crippen molar-refractivity contribution in [3.05, 3.63) is 24.5 Å². The molecule has 0 spiro atoms. The van der Waals surface area contributed by atoms with Crippen LogP contribution in [-0.4, -0.2) is 20.7 Å². The Bertz CT molecular complexity index is 249. The molecule has 0 aromatic carbocycles. The van der Waals surface area contributed by atoms with Crippen LogP contribution in [0.4, 0.5) is 5.69 Å². The van der Waals surface area contributed by atoms with Crippen molar-refractivity contribution in [1.29, 1.82) is 0 Å². The van der Waals surface area contributed by atoms with Gasteiger partial charge in [0.25, 0.3) is 6.73 Å². The third-order valence-electron chi connectivity index (χ3n) is 1.83. The minimum atomic E-state index is 0. The summed E-state index contributed by atoms with van der Waals surface area (Å²) in [7, 11) is 4.06. The lowest BCUT2D eigenvalue weighted by atomic mass is 10.4. The minimum Gasteiger partial charge on any atom is -1.00 e. The molecule has 0 amide bonds. The van der Waals surface area contributed by atoms with Crippen LogP contribution in [0, 0.1) is 0 Å². The van der Waals surface area contributed by atoms with Gasteiger partial charge >= 0.3 is 0 Å². The quantitative estimate of drug-likeness (QED) is 0.544. The van der Waals surface area contributed by atoms with E-state index in [1.165, 1.54) is 5.69 Å². The summed E-state index contributed by atoms with van der Waals surface area (Å²) < 4.78 is 7.28. The van der Waals surface area contributed by atoms with Gasteiger partial charge in [0.05, 0.1) is 6.61 Å². The van der Waals surface area contributed by atoms with Gasteiger partial charge in [0.1, 0.15) is 0 Å². The van der Waals surface area contributed by atoms with E-state index in [-0.39, 0.29) is 12.4 Å². The van der Waals surface area contributed by atoms with Gasteiger partial charge < -0.3 is 22.0 Å². The molecule has 0 saturated carbocycles. The van der Waals surface area contributed by atoms with Crippen molar-refractivity contribution in [2.45, 2.75) is 13.7 Å². The van der Waals surface area contributed by atoms with E-state index in [0.29, 0.717) is 6.73 Å². The molecule has 80 valence electrons. The number of hydrogen-bond acceptors (Lipinski definition) is 2. The van der Waals surface area contributed by atoms with Gasteiger partial charge in [-0.2, -0.15) is 4.57 Å². The highest BCUT2D eigenvalue weighted by atomic mass is 35.5. The molecule has 1 aromatic rings. The van der Waals surface area contributed by atoms with E-state index in [2.05, 4.69) is 17.0 Å². The fraction of sp³-hybridized carbons (Fsp3) is 0.500. The third-order valence-corrected chi connectivity index (χ3v) is 1.83. The van der Waals surface area contributed by atoms with E-state index >= 15 is 0 Å². The number of rotatable bonds is 4. The van der Waals surface area contributed by atoms with Gasteiger partial charge in [-0.25, -0.2) is 0 Å². The summed E-state index contributed by atoms with van der Waals surface area (Å²) >= 11 is 0. The fourth-order valence-corrected chi connectivity index (χ4v) is 1.03. The molecule has 0 aliphatic carbocycles. The zero-order valence-corrected chi connectivity index (χ0v) is 9.66. The first-order valence-electron chi connectivity index (χ1n) is 4.48. The highest BCUT2D eigenvalue weighted by Gasteiger charge is 2.00. The van der Waals surface area contributed by atoms with Crippen molar-refractivity contribution < 1.29 is 21.7 Å². The number of nitrogens with zero attached hydrogens (tertiary/aromatic N) is 2. The minimum absolute atomic E-state index is 0. The zero-order chi connectivity index (χ0) is 9.68. The molecule has 0 bridgehead atoms. The predicted octanol–water partition coefficient (Wildman–Crippen LogP) is -1.96. The Morgan fingerprint density at radius 1 is 1.29 bits per heavy atom. The van der Waals surface area contributed by atoms with Gasteiger partial charge in [-0.1, -0.05) is 0 Å². The van der Waals surface area contributed by atoms with Crippen LogP contribution >= 0.6 is 0 Å². The van der Waals surface area contributed by atoms with Crippen molar-refractivity contribution >= 4 is 5.69 Å². The molecule has 4 heteroatoms. The summed E-state index contributed by atoms with van der Waals surface area (Å²) in [6.07, 6.45) is 4.04. The molecule has 3 nitrogen and oxygen atoms in total. The molecule has 0 unspecified atom stereocenters. The molecule has 1 heterocycles. The second-order valence-electron chi connectivity index (χ2n) is 3.09. The van der Waals surface area contributed by atoms with Crippen LogP contribution < -0.4 is 21.9 Å². The van der Waals surface area contributed by atoms with E-state index in [4.69, 9.17) is 4.74 Å². The number of hydrogen-bond donors (Lipinski definition) is 0. The molecular formula is C10H17ClN2O. The number of ether oxygens (including phenoxy) is 1. The molecule has 0 N–H and O–H groups in total. The monoisotopic (exact) mass is 216 g/mol. The van der Waals surface area contributed by atoms with E-state index in [9.17, 15) is 0 Å². The van der Waals surface area contributed by atoms with Crippen molar-refractivity contribution in [3.8, 4) is 0 Å². The summed E-state index contributed by atoms with van der Waals surface area (Å²) in [5.74, 6) is 0. The van der Waals surface area contributed by atoms with Crippen LogP contribution in [0.1, 0.15) is 6.92 Å². The molecule has 0 radical (unpaired) electrons. The molecule has 1 aromatic heterocycles. The second kappa shape index (κ2) is 6.62. The lowest BCUT2D eigenvalue weighted by Crippen LogP contribution is -3.00. The number of aromatic nitrogens is 1. The molecule has 0 fully saturated rings. The summed E-state index contributed by atoms with van der Waals surface area (Å²) in [4.78, 5) is 2.07. The average molecular weight is 217 g/mol. The lowest BCUT2D eigenvalue weighted by Gasteiger charge is -2.10. The van der Waals surface area contributed by atoms with Crippen LogP contribution in [0.25, 0.3) is 0 Å². The standard InChI is InChI=1S/C10H17N2O.ClH/c1-4-13-9-12-7-5-10(6-8-12)11(2)3;/h5-8H,4,9H2,1-3H3;1H/q+1;/p-1. The second-order valence-corrected chi connectivity index (χ2v) is 3.09. The molecule has 14 heavy (non-hydrogen) atoms. The van der Waals surface area contributed by atoms with Crippen LogP contribution in [0.3, 0.4) is 0 Å². The van der Waals surface area contributed by atoms with Crippen LogP contribution in [0.15, 0.2) is 24.5 Å². The number of anilines is 1. The van der Waals surface area contributed by atoms with E-state index in [1.54, 1.807) is 0 Å². The molecular weight excluding hydrogens is 200 g/mol.